The number of carbonyl (C=O) groups excluding carboxylic acids is 1. The highest BCUT2D eigenvalue weighted by atomic mass is 32.2. The Balaban J connectivity index is 1.54. The van der Waals surface area contributed by atoms with Crippen LogP contribution in [0.25, 0.3) is 6.08 Å². The molecule has 0 spiro atoms. The highest BCUT2D eigenvalue weighted by Crippen LogP contribution is 2.15. The normalized spacial score (nSPS) is 16.8. The van der Waals surface area contributed by atoms with Gasteiger partial charge in [0.25, 0.3) is 5.91 Å². The molecule has 2 aromatic rings. The summed E-state index contributed by atoms with van der Waals surface area (Å²) in [5.74, 6) is 0.497. The van der Waals surface area contributed by atoms with Gasteiger partial charge in [-0.2, -0.15) is 4.31 Å². The van der Waals surface area contributed by atoms with E-state index in [1.807, 2.05) is 48.5 Å². The van der Waals surface area contributed by atoms with Crippen molar-refractivity contribution in [1.82, 2.24) is 9.21 Å². The summed E-state index contributed by atoms with van der Waals surface area (Å²) in [5, 5.41) is 1.22. The van der Waals surface area contributed by atoms with Crippen molar-refractivity contribution in [2.75, 3.05) is 26.2 Å². The Morgan fingerprint density at radius 3 is 2.14 bits per heavy atom. The number of piperazine rings is 1. The lowest BCUT2D eigenvalue weighted by Crippen LogP contribution is -2.52. The molecule has 7 heteroatoms. The minimum Gasteiger partial charge on any atom is -0.481 e. The van der Waals surface area contributed by atoms with Crippen LogP contribution in [0, 0.1) is 0 Å². The molecule has 0 saturated carbocycles. The lowest BCUT2D eigenvalue weighted by molar-refractivity contribution is -0.139. The van der Waals surface area contributed by atoms with Crippen molar-refractivity contribution in [2.24, 2.45) is 0 Å². The predicted octanol–water partition coefficient (Wildman–Crippen LogP) is 2.60. The van der Waals surface area contributed by atoms with Gasteiger partial charge in [-0.25, -0.2) is 8.42 Å². The maximum atomic E-state index is 12.6. The first-order valence-electron chi connectivity index (χ1n) is 9.19. The maximum absolute atomic E-state index is 12.6. The molecule has 0 aliphatic carbocycles. The van der Waals surface area contributed by atoms with Crippen molar-refractivity contribution in [1.29, 1.82) is 0 Å². The number of rotatable bonds is 6. The van der Waals surface area contributed by atoms with Crippen molar-refractivity contribution in [3.05, 3.63) is 71.6 Å². The standard InChI is InChI=1S/C21H24N2O4S/c1-18(27-20-10-6-3-7-11-20)21(24)22-13-15-23(16-14-22)28(25,26)17-12-19-8-4-2-5-9-19/h2-12,17-18H,13-16H2,1H3/b17-12+/t18-/m0/s1. The number of hydrogen-bond acceptors (Lipinski definition) is 4. The zero-order chi connectivity index (χ0) is 20.0. The molecule has 1 saturated heterocycles. The molecule has 6 nitrogen and oxygen atoms in total. The topological polar surface area (TPSA) is 66.9 Å². The van der Waals surface area contributed by atoms with Crippen molar-refractivity contribution in [3.63, 3.8) is 0 Å². The van der Waals surface area contributed by atoms with Crippen LogP contribution in [0.1, 0.15) is 12.5 Å². The largest absolute Gasteiger partial charge is 0.481 e. The molecule has 0 unspecified atom stereocenters. The molecule has 0 N–H and O–H groups in total. The van der Waals surface area contributed by atoms with Gasteiger partial charge in [0.15, 0.2) is 6.10 Å². The number of sulfonamides is 1. The van der Waals surface area contributed by atoms with E-state index in [9.17, 15) is 13.2 Å². The molecule has 3 rings (SSSR count). The van der Waals surface area contributed by atoms with Crippen molar-refractivity contribution >= 4 is 22.0 Å². The van der Waals surface area contributed by atoms with Crippen LogP contribution >= 0.6 is 0 Å². The van der Waals surface area contributed by atoms with Crippen LogP contribution in [0.4, 0.5) is 0 Å². The molecule has 1 fully saturated rings. The van der Waals surface area contributed by atoms with Crippen LogP contribution < -0.4 is 4.74 Å². The lowest BCUT2D eigenvalue weighted by atomic mass is 10.2. The van der Waals surface area contributed by atoms with E-state index in [1.54, 1.807) is 30.0 Å². The molecule has 28 heavy (non-hydrogen) atoms. The minimum atomic E-state index is -3.52. The van der Waals surface area contributed by atoms with Crippen molar-refractivity contribution in [2.45, 2.75) is 13.0 Å². The zero-order valence-electron chi connectivity index (χ0n) is 15.8. The molecule has 1 heterocycles. The van der Waals surface area contributed by atoms with Gasteiger partial charge in [-0.15, -0.1) is 0 Å². The Morgan fingerprint density at radius 1 is 0.964 bits per heavy atom. The van der Waals surface area contributed by atoms with Gasteiger partial charge in [-0.05, 0) is 30.7 Å². The van der Waals surface area contributed by atoms with E-state index in [-0.39, 0.29) is 19.0 Å². The van der Waals surface area contributed by atoms with Gasteiger partial charge in [0.2, 0.25) is 10.0 Å². The van der Waals surface area contributed by atoms with Gasteiger partial charge >= 0.3 is 0 Å². The molecule has 1 aliphatic heterocycles. The second-order valence-electron chi connectivity index (χ2n) is 6.56. The fourth-order valence-corrected chi connectivity index (χ4v) is 4.16. The monoisotopic (exact) mass is 400 g/mol. The number of benzene rings is 2. The van der Waals surface area contributed by atoms with E-state index in [0.717, 1.165) is 5.56 Å². The Bertz CT molecular complexity index is 906. The number of nitrogens with zero attached hydrogens (tertiary/aromatic N) is 2. The third kappa shape index (κ3) is 5.21. The number of ether oxygens (including phenoxy) is 1. The van der Waals surface area contributed by atoms with Gasteiger partial charge in [-0.1, -0.05) is 48.5 Å². The van der Waals surface area contributed by atoms with Gasteiger partial charge < -0.3 is 9.64 Å². The van der Waals surface area contributed by atoms with Crippen LogP contribution in [-0.2, 0) is 14.8 Å². The average Bonchev–Trinajstić information content (AvgIpc) is 2.73. The molecule has 0 aromatic heterocycles. The molecule has 0 radical (unpaired) electrons. The second kappa shape index (κ2) is 9.03. The predicted molar refractivity (Wildman–Crippen MR) is 109 cm³/mol. The first-order valence-corrected chi connectivity index (χ1v) is 10.7. The molecule has 148 valence electrons. The summed E-state index contributed by atoms with van der Waals surface area (Å²) in [4.78, 5) is 14.2. The molecular weight excluding hydrogens is 376 g/mol. The number of hydrogen-bond donors (Lipinski definition) is 0. The summed E-state index contributed by atoms with van der Waals surface area (Å²) < 4.78 is 32.1. The van der Waals surface area contributed by atoms with E-state index in [1.165, 1.54) is 9.71 Å². The summed E-state index contributed by atoms with van der Waals surface area (Å²) in [6.45, 7) is 2.94. The van der Waals surface area contributed by atoms with Gasteiger partial charge in [0.05, 0.1) is 0 Å². The number of para-hydroxylation sites is 1. The van der Waals surface area contributed by atoms with Crippen molar-refractivity contribution < 1.29 is 17.9 Å². The number of carbonyl (C=O) groups is 1. The molecule has 2 aromatic carbocycles. The van der Waals surface area contributed by atoms with E-state index in [2.05, 4.69) is 0 Å². The average molecular weight is 401 g/mol. The van der Waals surface area contributed by atoms with Crippen molar-refractivity contribution in [3.8, 4) is 5.75 Å². The summed E-state index contributed by atoms with van der Waals surface area (Å²) >= 11 is 0. The SMILES string of the molecule is C[C@H](Oc1ccccc1)C(=O)N1CCN(S(=O)(=O)/C=C/c2ccccc2)CC1. The van der Waals surface area contributed by atoms with E-state index in [4.69, 9.17) is 4.74 Å². The van der Waals surface area contributed by atoms with Crippen LogP contribution in [0.2, 0.25) is 0 Å². The fraction of sp³-hybridized carbons (Fsp3) is 0.286. The Kier molecular flexibility index (Phi) is 6.49. The molecule has 1 aliphatic rings. The fourth-order valence-electron chi connectivity index (χ4n) is 2.99. The molecule has 1 atom stereocenters. The summed E-state index contributed by atoms with van der Waals surface area (Å²) in [5.41, 5.74) is 0.826. The van der Waals surface area contributed by atoms with Gasteiger partial charge in [-0.3, -0.25) is 4.79 Å². The highest BCUT2D eigenvalue weighted by molar-refractivity contribution is 7.92. The third-order valence-corrected chi connectivity index (χ3v) is 6.11. The summed E-state index contributed by atoms with van der Waals surface area (Å²) in [7, 11) is -3.52. The van der Waals surface area contributed by atoms with Crippen LogP contribution in [0.15, 0.2) is 66.1 Å². The Morgan fingerprint density at radius 2 is 1.54 bits per heavy atom. The quantitative estimate of drug-likeness (QED) is 0.748. The zero-order valence-corrected chi connectivity index (χ0v) is 16.6. The highest BCUT2D eigenvalue weighted by Gasteiger charge is 2.30. The summed E-state index contributed by atoms with van der Waals surface area (Å²) in [6, 6.07) is 18.5. The first-order chi connectivity index (χ1) is 13.5. The molecule has 0 bridgehead atoms. The first kappa shape index (κ1) is 20.1. The third-order valence-electron chi connectivity index (χ3n) is 4.55. The van der Waals surface area contributed by atoms with Crippen LogP contribution in [0.5, 0.6) is 5.75 Å². The van der Waals surface area contributed by atoms with Gasteiger partial charge in [0.1, 0.15) is 5.75 Å². The maximum Gasteiger partial charge on any atom is 0.263 e. The van der Waals surface area contributed by atoms with E-state index in [0.29, 0.717) is 18.8 Å². The second-order valence-corrected chi connectivity index (χ2v) is 8.37. The smallest absolute Gasteiger partial charge is 0.263 e. The van der Waals surface area contributed by atoms with E-state index >= 15 is 0 Å². The van der Waals surface area contributed by atoms with Crippen LogP contribution in [0.3, 0.4) is 0 Å². The van der Waals surface area contributed by atoms with Gasteiger partial charge in [0, 0.05) is 31.6 Å². The minimum absolute atomic E-state index is 0.138. The molecule has 1 amide bonds. The Labute approximate surface area is 166 Å². The summed E-state index contributed by atoms with van der Waals surface area (Å²) in [6.07, 6.45) is 0.964. The number of amides is 1. The lowest BCUT2D eigenvalue weighted by Gasteiger charge is -2.34. The molecular formula is C21H24N2O4S. The van der Waals surface area contributed by atoms with Crippen LogP contribution in [-0.4, -0.2) is 55.8 Å². The van der Waals surface area contributed by atoms with E-state index < -0.39 is 16.1 Å². The Hall–Kier alpha value is -2.64.